The van der Waals surface area contributed by atoms with Gasteiger partial charge in [-0.3, -0.25) is 0 Å². The van der Waals surface area contributed by atoms with Crippen LogP contribution in [0, 0.1) is 0 Å². The van der Waals surface area contributed by atoms with Crippen molar-refractivity contribution >= 4 is 5.97 Å². The third-order valence-corrected chi connectivity index (χ3v) is 5.41. The summed E-state index contributed by atoms with van der Waals surface area (Å²) in [5.41, 5.74) is 0.632. The van der Waals surface area contributed by atoms with Gasteiger partial charge in [-0.15, -0.1) is 0 Å². The predicted octanol–water partition coefficient (Wildman–Crippen LogP) is 6.70. The van der Waals surface area contributed by atoms with Gasteiger partial charge in [-0.05, 0) is 37.8 Å². The maximum atomic E-state index is 11.8. The Morgan fingerprint density at radius 2 is 1.37 bits per heavy atom. The summed E-state index contributed by atoms with van der Waals surface area (Å²) in [5, 5.41) is 0. The summed E-state index contributed by atoms with van der Waals surface area (Å²) >= 11 is 0. The molecule has 3 nitrogen and oxygen atoms in total. The standard InChI is InChI=1S/C24H38O3/c1-2-3-4-5-6-7-8-13-18-22-23(27-22)19-14-10-15-20-26-24(25)21-16-11-9-12-17-21/h9,11-12,16-17,22-23H,2-8,10,13-15,18-20H2,1H3. The minimum atomic E-state index is -0.216. The number of ether oxygens (including phenoxy) is 2. The normalized spacial score (nSPS) is 18.4. The van der Waals surface area contributed by atoms with Gasteiger partial charge in [0.2, 0.25) is 0 Å². The Morgan fingerprint density at radius 3 is 2.00 bits per heavy atom. The van der Waals surface area contributed by atoms with E-state index in [9.17, 15) is 4.79 Å². The number of epoxide rings is 1. The van der Waals surface area contributed by atoms with Crippen molar-refractivity contribution in [1.29, 1.82) is 0 Å². The first-order chi connectivity index (χ1) is 13.3. The Labute approximate surface area is 165 Å². The highest BCUT2D eigenvalue weighted by Crippen LogP contribution is 2.31. The number of rotatable bonds is 16. The van der Waals surface area contributed by atoms with E-state index >= 15 is 0 Å². The summed E-state index contributed by atoms with van der Waals surface area (Å²) in [6, 6.07) is 9.20. The van der Waals surface area contributed by atoms with Gasteiger partial charge in [0, 0.05) is 0 Å². The maximum Gasteiger partial charge on any atom is 0.338 e. The van der Waals surface area contributed by atoms with Gasteiger partial charge in [0.1, 0.15) is 0 Å². The fraction of sp³-hybridized carbons (Fsp3) is 0.708. The molecule has 1 aliphatic rings. The molecule has 2 atom stereocenters. The van der Waals surface area contributed by atoms with Crippen molar-refractivity contribution in [2.45, 2.75) is 103 Å². The van der Waals surface area contributed by atoms with Crippen molar-refractivity contribution in [3.05, 3.63) is 35.9 Å². The lowest BCUT2D eigenvalue weighted by atomic mass is 10.0. The molecule has 0 amide bonds. The highest BCUT2D eigenvalue weighted by Gasteiger charge is 2.36. The molecule has 1 fully saturated rings. The fourth-order valence-electron chi connectivity index (χ4n) is 3.61. The third-order valence-electron chi connectivity index (χ3n) is 5.41. The Bertz CT molecular complexity index is 500. The molecule has 1 aromatic carbocycles. The molecule has 0 bridgehead atoms. The lowest BCUT2D eigenvalue weighted by Gasteiger charge is -2.04. The molecule has 0 aliphatic carbocycles. The minimum Gasteiger partial charge on any atom is -0.462 e. The number of benzene rings is 1. The van der Waals surface area contributed by atoms with Crippen molar-refractivity contribution < 1.29 is 14.3 Å². The molecule has 1 aromatic rings. The molecule has 0 radical (unpaired) electrons. The molecule has 1 saturated heterocycles. The van der Waals surface area contributed by atoms with E-state index in [-0.39, 0.29) is 5.97 Å². The Hall–Kier alpha value is -1.35. The molecule has 152 valence electrons. The number of hydrogen-bond donors (Lipinski definition) is 0. The van der Waals surface area contributed by atoms with Gasteiger partial charge in [-0.25, -0.2) is 4.79 Å². The molecule has 2 rings (SSSR count). The summed E-state index contributed by atoms with van der Waals surface area (Å²) in [7, 11) is 0. The molecular weight excluding hydrogens is 336 g/mol. The number of esters is 1. The largest absolute Gasteiger partial charge is 0.462 e. The molecule has 0 N–H and O–H groups in total. The van der Waals surface area contributed by atoms with Crippen LogP contribution in [0.3, 0.4) is 0 Å². The lowest BCUT2D eigenvalue weighted by molar-refractivity contribution is 0.0497. The van der Waals surface area contributed by atoms with E-state index < -0.39 is 0 Å². The van der Waals surface area contributed by atoms with Crippen LogP contribution in [0.15, 0.2) is 30.3 Å². The van der Waals surface area contributed by atoms with Gasteiger partial charge >= 0.3 is 5.97 Å². The first-order valence-corrected chi connectivity index (χ1v) is 11.2. The summed E-state index contributed by atoms with van der Waals surface area (Å²) in [4.78, 5) is 11.8. The average Bonchev–Trinajstić information content (AvgIpc) is 3.45. The second kappa shape index (κ2) is 13.8. The molecule has 0 aromatic heterocycles. The van der Waals surface area contributed by atoms with Crippen LogP contribution in [0.25, 0.3) is 0 Å². The van der Waals surface area contributed by atoms with E-state index in [1.165, 1.54) is 64.2 Å². The van der Waals surface area contributed by atoms with Crippen LogP contribution < -0.4 is 0 Å². The van der Waals surface area contributed by atoms with E-state index in [4.69, 9.17) is 9.47 Å². The zero-order valence-corrected chi connectivity index (χ0v) is 17.2. The zero-order chi connectivity index (χ0) is 19.2. The molecule has 0 spiro atoms. The monoisotopic (exact) mass is 374 g/mol. The second-order valence-electron chi connectivity index (χ2n) is 7.83. The third kappa shape index (κ3) is 9.95. The molecule has 2 unspecified atom stereocenters. The maximum absolute atomic E-state index is 11.8. The van der Waals surface area contributed by atoms with Crippen LogP contribution in [0.4, 0.5) is 0 Å². The van der Waals surface area contributed by atoms with Gasteiger partial charge in [-0.1, -0.05) is 82.9 Å². The Kier molecular flexibility index (Phi) is 11.2. The van der Waals surface area contributed by atoms with Gasteiger partial charge < -0.3 is 9.47 Å². The van der Waals surface area contributed by atoms with Crippen LogP contribution in [-0.4, -0.2) is 24.8 Å². The molecule has 0 saturated carbocycles. The Balaban J connectivity index is 1.34. The number of carbonyl (C=O) groups is 1. The van der Waals surface area contributed by atoms with Crippen molar-refractivity contribution in [3.63, 3.8) is 0 Å². The van der Waals surface area contributed by atoms with E-state index in [0.717, 1.165) is 19.3 Å². The van der Waals surface area contributed by atoms with Crippen LogP contribution in [0.1, 0.15) is 101 Å². The van der Waals surface area contributed by atoms with Crippen molar-refractivity contribution in [2.75, 3.05) is 6.61 Å². The number of carbonyl (C=O) groups excluding carboxylic acids is 1. The van der Waals surface area contributed by atoms with Crippen LogP contribution in [0.5, 0.6) is 0 Å². The van der Waals surface area contributed by atoms with Gasteiger partial charge in [0.25, 0.3) is 0 Å². The Morgan fingerprint density at radius 1 is 0.815 bits per heavy atom. The van der Waals surface area contributed by atoms with Gasteiger partial charge in [-0.2, -0.15) is 0 Å². The van der Waals surface area contributed by atoms with Crippen LogP contribution in [-0.2, 0) is 9.47 Å². The molecular formula is C24H38O3. The van der Waals surface area contributed by atoms with E-state index in [2.05, 4.69) is 6.92 Å². The summed E-state index contributed by atoms with van der Waals surface area (Å²) < 4.78 is 11.1. The summed E-state index contributed by atoms with van der Waals surface area (Å²) in [5.74, 6) is -0.216. The lowest BCUT2D eigenvalue weighted by Crippen LogP contribution is -2.06. The van der Waals surface area contributed by atoms with E-state index in [0.29, 0.717) is 24.4 Å². The highest BCUT2D eigenvalue weighted by molar-refractivity contribution is 5.89. The topological polar surface area (TPSA) is 38.8 Å². The number of unbranched alkanes of at least 4 members (excludes halogenated alkanes) is 9. The average molecular weight is 375 g/mol. The van der Waals surface area contributed by atoms with E-state index in [1.54, 1.807) is 12.1 Å². The smallest absolute Gasteiger partial charge is 0.338 e. The second-order valence-corrected chi connectivity index (χ2v) is 7.83. The SMILES string of the molecule is CCCCCCCCCCC1OC1CCCCCOC(=O)c1ccccc1. The molecule has 27 heavy (non-hydrogen) atoms. The van der Waals surface area contributed by atoms with Crippen molar-refractivity contribution in [1.82, 2.24) is 0 Å². The summed E-state index contributed by atoms with van der Waals surface area (Å²) in [6.07, 6.45) is 17.7. The van der Waals surface area contributed by atoms with Crippen LogP contribution in [0.2, 0.25) is 0 Å². The molecule has 1 aliphatic heterocycles. The quantitative estimate of drug-likeness (QED) is 0.183. The van der Waals surface area contributed by atoms with Crippen molar-refractivity contribution in [2.24, 2.45) is 0 Å². The first kappa shape index (κ1) is 21.9. The minimum absolute atomic E-state index is 0.216. The van der Waals surface area contributed by atoms with Crippen LogP contribution >= 0.6 is 0 Å². The molecule has 1 heterocycles. The highest BCUT2D eigenvalue weighted by atomic mass is 16.6. The van der Waals surface area contributed by atoms with Gasteiger partial charge in [0.05, 0.1) is 24.4 Å². The molecule has 3 heteroatoms. The van der Waals surface area contributed by atoms with Crippen molar-refractivity contribution in [3.8, 4) is 0 Å². The summed E-state index contributed by atoms with van der Waals surface area (Å²) in [6.45, 7) is 2.79. The first-order valence-electron chi connectivity index (χ1n) is 11.2. The zero-order valence-electron chi connectivity index (χ0n) is 17.2. The predicted molar refractivity (Wildman–Crippen MR) is 111 cm³/mol. The van der Waals surface area contributed by atoms with Gasteiger partial charge in [0.15, 0.2) is 0 Å². The van der Waals surface area contributed by atoms with E-state index in [1.807, 2.05) is 18.2 Å². The number of hydrogen-bond acceptors (Lipinski definition) is 3. The fourth-order valence-corrected chi connectivity index (χ4v) is 3.61.